The quantitative estimate of drug-likeness (QED) is 0.755. The van der Waals surface area contributed by atoms with Crippen LogP contribution < -0.4 is 10.1 Å². The summed E-state index contributed by atoms with van der Waals surface area (Å²) in [6.07, 6.45) is 4.12. The number of hydrogen-bond donors (Lipinski definition) is 2. The van der Waals surface area contributed by atoms with Crippen LogP contribution in [0.2, 0.25) is 0 Å². The minimum atomic E-state index is -0.0859. The highest BCUT2D eigenvalue weighted by atomic mass is 16.5. The number of carbonyl (C=O) groups excluding carboxylic acids is 1. The van der Waals surface area contributed by atoms with Crippen LogP contribution >= 0.6 is 0 Å². The van der Waals surface area contributed by atoms with Crippen molar-refractivity contribution >= 4 is 16.8 Å². The Morgan fingerprint density at radius 1 is 1.41 bits per heavy atom. The molecular formula is C16H18N4O2. The smallest absolute Gasteiger partial charge is 0.267 e. The molecule has 0 unspecified atom stereocenters. The highest BCUT2D eigenvalue weighted by Crippen LogP contribution is 2.23. The minimum Gasteiger partial charge on any atom is -0.497 e. The van der Waals surface area contributed by atoms with Gasteiger partial charge in [-0.25, -0.2) is 4.98 Å². The summed E-state index contributed by atoms with van der Waals surface area (Å²) in [6, 6.07) is 7.65. The van der Waals surface area contributed by atoms with Crippen molar-refractivity contribution in [1.29, 1.82) is 0 Å². The minimum absolute atomic E-state index is 0.0859. The van der Waals surface area contributed by atoms with Gasteiger partial charge in [-0.2, -0.15) is 0 Å². The molecule has 0 fully saturated rings. The van der Waals surface area contributed by atoms with E-state index in [1.807, 2.05) is 35.9 Å². The Bertz CT molecular complexity index is 790. The van der Waals surface area contributed by atoms with E-state index in [4.69, 9.17) is 4.74 Å². The Morgan fingerprint density at radius 3 is 3.00 bits per heavy atom. The maximum atomic E-state index is 12.3. The largest absolute Gasteiger partial charge is 0.497 e. The molecule has 0 aliphatic rings. The number of aromatic nitrogens is 3. The standard InChI is InChI=1S/C16H18N4O2/c1-20-14-4-3-13(22-2)7-11(14)8-15(20)16(21)18-6-5-12-9-17-10-19-12/h3-4,7-10H,5-6H2,1-2H3,(H,17,19)(H,18,21). The summed E-state index contributed by atoms with van der Waals surface area (Å²) in [4.78, 5) is 19.3. The molecule has 3 rings (SSSR count). The van der Waals surface area contributed by atoms with Crippen LogP contribution in [-0.4, -0.2) is 34.1 Å². The van der Waals surface area contributed by atoms with E-state index in [-0.39, 0.29) is 5.91 Å². The van der Waals surface area contributed by atoms with Gasteiger partial charge in [0.1, 0.15) is 11.4 Å². The predicted molar refractivity (Wildman–Crippen MR) is 84.1 cm³/mol. The molecule has 0 atom stereocenters. The molecule has 2 N–H and O–H groups in total. The zero-order valence-electron chi connectivity index (χ0n) is 12.6. The predicted octanol–water partition coefficient (Wildman–Crippen LogP) is 1.88. The Labute approximate surface area is 128 Å². The number of H-pyrrole nitrogens is 1. The van der Waals surface area contributed by atoms with E-state index in [0.29, 0.717) is 12.2 Å². The Balaban J connectivity index is 1.74. The molecule has 0 saturated carbocycles. The molecule has 0 radical (unpaired) electrons. The molecule has 0 aliphatic carbocycles. The Morgan fingerprint density at radius 2 is 2.27 bits per heavy atom. The summed E-state index contributed by atoms with van der Waals surface area (Å²) < 4.78 is 7.11. The van der Waals surface area contributed by atoms with Gasteiger partial charge in [-0.05, 0) is 24.3 Å². The zero-order valence-corrected chi connectivity index (χ0v) is 12.6. The third-order valence-corrected chi connectivity index (χ3v) is 3.72. The second-order valence-electron chi connectivity index (χ2n) is 5.10. The summed E-state index contributed by atoms with van der Waals surface area (Å²) in [5.41, 5.74) is 2.63. The van der Waals surface area contributed by atoms with Crippen molar-refractivity contribution in [3.63, 3.8) is 0 Å². The summed E-state index contributed by atoms with van der Waals surface area (Å²) >= 11 is 0. The number of imidazole rings is 1. The van der Waals surface area contributed by atoms with E-state index in [0.717, 1.165) is 28.8 Å². The number of nitrogens with one attached hydrogen (secondary N) is 2. The van der Waals surface area contributed by atoms with Crippen LogP contribution in [0.4, 0.5) is 0 Å². The Hall–Kier alpha value is -2.76. The highest BCUT2D eigenvalue weighted by molar-refractivity contribution is 5.99. The molecule has 3 aromatic rings. The molecule has 6 nitrogen and oxygen atoms in total. The molecule has 1 amide bonds. The van der Waals surface area contributed by atoms with E-state index in [1.165, 1.54) is 0 Å². The number of hydrogen-bond acceptors (Lipinski definition) is 3. The Kier molecular flexibility index (Phi) is 3.82. The maximum Gasteiger partial charge on any atom is 0.267 e. The average molecular weight is 298 g/mol. The maximum absolute atomic E-state index is 12.3. The number of aromatic amines is 1. The monoisotopic (exact) mass is 298 g/mol. The van der Waals surface area contributed by atoms with Crippen molar-refractivity contribution in [3.05, 3.63) is 48.2 Å². The van der Waals surface area contributed by atoms with Crippen LogP contribution in [0.25, 0.3) is 10.9 Å². The van der Waals surface area contributed by atoms with Gasteiger partial charge >= 0.3 is 0 Å². The van der Waals surface area contributed by atoms with Gasteiger partial charge in [0.15, 0.2) is 0 Å². The summed E-state index contributed by atoms with van der Waals surface area (Å²) in [7, 11) is 3.52. The van der Waals surface area contributed by atoms with Crippen LogP contribution in [0.15, 0.2) is 36.8 Å². The first-order valence-electron chi connectivity index (χ1n) is 7.08. The number of fused-ring (bicyclic) bond motifs is 1. The van der Waals surface area contributed by atoms with Crippen LogP contribution in [0.5, 0.6) is 5.75 Å². The fourth-order valence-corrected chi connectivity index (χ4v) is 2.50. The summed E-state index contributed by atoms with van der Waals surface area (Å²) in [5.74, 6) is 0.696. The fraction of sp³-hybridized carbons (Fsp3) is 0.250. The van der Waals surface area contributed by atoms with E-state index in [9.17, 15) is 4.79 Å². The van der Waals surface area contributed by atoms with Gasteiger partial charge in [0.2, 0.25) is 0 Å². The van der Waals surface area contributed by atoms with Crippen molar-refractivity contribution < 1.29 is 9.53 Å². The van der Waals surface area contributed by atoms with Gasteiger partial charge in [0.25, 0.3) is 5.91 Å². The number of rotatable bonds is 5. The number of carbonyl (C=O) groups is 1. The molecule has 6 heteroatoms. The van der Waals surface area contributed by atoms with Crippen molar-refractivity contribution in [2.75, 3.05) is 13.7 Å². The number of amides is 1. The number of nitrogens with zero attached hydrogens (tertiary/aromatic N) is 2. The molecule has 0 bridgehead atoms. The van der Waals surface area contributed by atoms with Crippen molar-refractivity contribution in [2.45, 2.75) is 6.42 Å². The molecule has 114 valence electrons. The van der Waals surface area contributed by atoms with E-state index >= 15 is 0 Å². The van der Waals surface area contributed by atoms with Crippen molar-refractivity contribution in [2.24, 2.45) is 7.05 Å². The van der Waals surface area contributed by atoms with Crippen LogP contribution in [0, 0.1) is 0 Å². The lowest BCUT2D eigenvalue weighted by molar-refractivity contribution is 0.0946. The third kappa shape index (κ3) is 2.67. The first kappa shape index (κ1) is 14.2. The van der Waals surface area contributed by atoms with Crippen LogP contribution in [-0.2, 0) is 13.5 Å². The van der Waals surface area contributed by atoms with E-state index < -0.39 is 0 Å². The van der Waals surface area contributed by atoms with Crippen LogP contribution in [0.1, 0.15) is 16.2 Å². The number of benzene rings is 1. The van der Waals surface area contributed by atoms with E-state index in [2.05, 4.69) is 15.3 Å². The first-order chi connectivity index (χ1) is 10.7. The van der Waals surface area contributed by atoms with Gasteiger partial charge in [-0.1, -0.05) is 0 Å². The fourth-order valence-electron chi connectivity index (χ4n) is 2.50. The molecule has 0 saturated heterocycles. The number of ether oxygens (including phenoxy) is 1. The molecule has 2 heterocycles. The molecule has 0 spiro atoms. The van der Waals surface area contributed by atoms with Gasteiger partial charge in [0, 0.05) is 42.8 Å². The van der Waals surface area contributed by atoms with Crippen molar-refractivity contribution in [3.8, 4) is 5.75 Å². The van der Waals surface area contributed by atoms with Gasteiger partial charge < -0.3 is 19.6 Å². The third-order valence-electron chi connectivity index (χ3n) is 3.72. The van der Waals surface area contributed by atoms with Gasteiger partial charge in [-0.3, -0.25) is 4.79 Å². The summed E-state index contributed by atoms with van der Waals surface area (Å²) in [5, 5.41) is 3.92. The molecule has 2 aromatic heterocycles. The van der Waals surface area contributed by atoms with Crippen LogP contribution in [0.3, 0.4) is 0 Å². The second-order valence-corrected chi connectivity index (χ2v) is 5.10. The van der Waals surface area contributed by atoms with E-state index in [1.54, 1.807) is 19.6 Å². The average Bonchev–Trinajstić information content (AvgIpc) is 3.15. The SMILES string of the molecule is COc1ccc2c(c1)cc(C(=O)NCCc1cnc[nH]1)n2C. The lowest BCUT2D eigenvalue weighted by Crippen LogP contribution is -2.27. The molecule has 0 aliphatic heterocycles. The number of aryl methyl sites for hydroxylation is 1. The lowest BCUT2D eigenvalue weighted by Gasteiger charge is -2.06. The second kappa shape index (κ2) is 5.93. The van der Waals surface area contributed by atoms with Crippen molar-refractivity contribution in [1.82, 2.24) is 19.9 Å². The van der Waals surface area contributed by atoms with Gasteiger partial charge in [-0.15, -0.1) is 0 Å². The first-order valence-corrected chi connectivity index (χ1v) is 7.08. The molecular weight excluding hydrogens is 280 g/mol. The highest BCUT2D eigenvalue weighted by Gasteiger charge is 2.13. The number of methoxy groups -OCH3 is 1. The lowest BCUT2D eigenvalue weighted by atomic mass is 10.2. The normalized spacial score (nSPS) is 10.8. The zero-order chi connectivity index (χ0) is 15.5. The molecule has 1 aromatic carbocycles. The topological polar surface area (TPSA) is 71.9 Å². The summed E-state index contributed by atoms with van der Waals surface area (Å²) in [6.45, 7) is 0.561. The van der Waals surface area contributed by atoms with Gasteiger partial charge in [0.05, 0.1) is 13.4 Å². The molecule has 22 heavy (non-hydrogen) atoms.